The van der Waals surface area contributed by atoms with Gasteiger partial charge in [0, 0.05) is 17.1 Å². The van der Waals surface area contributed by atoms with E-state index in [1.54, 1.807) is 43.4 Å². The molecule has 2 aromatic rings. The first-order valence-electron chi connectivity index (χ1n) is 7.76. The molecule has 1 N–H and O–H groups in total. The lowest BCUT2D eigenvalue weighted by Gasteiger charge is -2.25. The Morgan fingerprint density at radius 2 is 1.85 bits per heavy atom. The van der Waals surface area contributed by atoms with Crippen LogP contribution >= 0.6 is 15.9 Å². The van der Waals surface area contributed by atoms with Gasteiger partial charge in [-0.2, -0.15) is 5.26 Å². The number of nitriles is 1. The third kappa shape index (κ3) is 3.19. The van der Waals surface area contributed by atoms with E-state index in [1.165, 1.54) is 0 Å². The van der Waals surface area contributed by atoms with E-state index in [0.29, 0.717) is 16.9 Å². The Bertz CT molecular complexity index is 944. The van der Waals surface area contributed by atoms with Gasteiger partial charge in [0.05, 0.1) is 16.6 Å². The Labute approximate surface area is 158 Å². The second-order valence-electron chi connectivity index (χ2n) is 5.53. The molecule has 1 aliphatic heterocycles. The van der Waals surface area contributed by atoms with E-state index < -0.39 is 10.8 Å². The van der Waals surface area contributed by atoms with Crippen LogP contribution in [0.15, 0.2) is 76.2 Å². The summed E-state index contributed by atoms with van der Waals surface area (Å²) in [4.78, 5) is 11.3. The van der Waals surface area contributed by atoms with Crippen molar-refractivity contribution in [1.29, 1.82) is 5.26 Å². The number of nitrogens with zero attached hydrogens (tertiary/aromatic N) is 2. The summed E-state index contributed by atoms with van der Waals surface area (Å²) < 4.78 is 6.60. The van der Waals surface area contributed by atoms with Crippen LogP contribution in [0.2, 0.25) is 0 Å². The first kappa shape index (κ1) is 17.7. The SMILES string of the molecule is CNC1=C([N+](=O)[O-])[C@@H](c2ccc(Br)cc2)C(C#N)=C(c2ccccc2)O1. The molecule has 6 nitrogen and oxygen atoms in total. The van der Waals surface area contributed by atoms with Gasteiger partial charge >= 0.3 is 5.70 Å². The largest absolute Gasteiger partial charge is 0.434 e. The molecule has 1 heterocycles. The molecular weight excluding hydrogens is 398 g/mol. The number of hydrogen-bond donors (Lipinski definition) is 1. The monoisotopic (exact) mass is 411 g/mol. The normalized spacial score (nSPS) is 16.7. The van der Waals surface area contributed by atoms with E-state index in [2.05, 4.69) is 27.3 Å². The summed E-state index contributed by atoms with van der Waals surface area (Å²) in [6, 6.07) is 18.3. The zero-order valence-electron chi connectivity index (χ0n) is 13.8. The van der Waals surface area contributed by atoms with Crippen LogP contribution in [-0.2, 0) is 4.74 Å². The fourth-order valence-electron chi connectivity index (χ4n) is 2.87. The zero-order chi connectivity index (χ0) is 18.7. The number of hydrogen-bond acceptors (Lipinski definition) is 5. The Balaban J connectivity index is 2.27. The number of ether oxygens (including phenoxy) is 1. The van der Waals surface area contributed by atoms with Gasteiger partial charge in [0.1, 0.15) is 5.92 Å². The summed E-state index contributed by atoms with van der Waals surface area (Å²) in [5.74, 6) is -0.494. The third-order valence-corrected chi connectivity index (χ3v) is 4.56. The van der Waals surface area contributed by atoms with Crippen molar-refractivity contribution in [3.8, 4) is 6.07 Å². The maximum atomic E-state index is 11.8. The Morgan fingerprint density at radius 3 is 2.38 bits per heavy atom. The van der Waals surface area contributed by atoms with Gasteiger partial charge in [-0.1, -0.05) is 58.4 Å². The maximum absolute atomic E-state index is 11.8. The van der Waals surface area contributed by atoms with E-state index in [9.17, 15) is 15.4 Å². The molecule has 0 bridgehead atoms. The highest BCUT2D eigenvalue weighted by Gasteiger charge is 2.41. The molecule has 0 saturated carbocycles. The van der Waals surface area contributed by atoms with Crippen molar-refractivity contribution >= 4 is 21.7 Å². The summed E-state index contributed by atoms with van der Waals surface area (Å²) >= 11 is 3.36. The molecule has 0 fully saturated rings. The lowest BCUT2D eigenvalue weighted by molar-refractivity contribution is -0.433. The summed E-state index contributed by atoms with van der Waals surface area (Å²) in [5.41, 5.74) is 1.33. The summed E-state index contributed by atoms with van der Waals surface area (Å²) in [7, 11) is 1.55. The number of benzene rings is 2. The Kier molecular flexibility index (Phi) is 5.05. The molecule has 0 amide bonds. The number of allylic oxidation sites excluding steroid dienone is 1. The lowest BCUT2D eigenvalue weighted by Crippen LogP contribution is -2.26. The highest BCUT2D eigenvalue weighted by atomic mass is 79.9. The molecule has 0 aromatic heterocycles. The highest BCUT2D eigenvalue weighted by Crippen LogP contribution is 2.42. The molecule has 1 atom stereocenters. The van der Waals surface area contributed by atoms with Crippen LogP contribution in [0.1, 0.15) is 17.0 Å². The van der Waals surface area contributed by atoms with Gasteiger partial charge in [0.2, 0.25) is 0 Å². The van der Waals surface area contributed by atoms with Crippen molar-refractivity contribution in [3.05, 3.63) is 97.5 Å². The van der Waals surface area contributed by atoms with Crippen molar-refractivity contribution in [2.24, 2.45) is 0 Å². The van der Waals surface area contributed by atoms with Crippen molar-refractivity contribution in [1.82, 2.24) is 5.32 Å². The molecule has 130 valence electrons. The molecule has 26 heavy (non-hydrogen) atoms. The van der Waals surface area contributed by atoms with Gasteiger partial charge in [-0.05, 0) is 17.7 Å². The summed E-state index contributed by atoms with van der Waals surface area (Å²) in [6.45, 7) is 0. The van der Waals surface area contributed by atoms with Gasteiger partial charge < -0.3 is 10.1 Å². The molecule has 0 unspecified atom stereocenters. The van der Waals surface area contributed by atoms with Crippen LogP contribution in [0.3, 0.4) is 0 Å². The van der Waals surface area contributed by atoms with Crippen LogP contribution in [0.25, 0.3) is 5.76 Å². The number of nitrogens with one attached hydrogen (secondary N) is 1. The maximum Gasteiger partial charge on any atom is 0.318 e. The molecule has 7 heteroatoms. The van der Waals surface area contributed by atoms with E-state index in [4.69, 9.17) is 4.74 Å². The van der Waals surface area contributed by atoms with Crippen LogP contribution in [0.4, 0.5) is 0 Å². The first-order chi connectivity index (χ1) is 12.6. The predicted molar refractivity (Wildman–Crippen MR) is 100 cm³/mol. The standard InChI is InChI=1S/C19H14BrN3O3/c1-22-19-17(23(24)25)16(12-7-9-14(20)10-8-12)15(11-21)18(26-19)13-5-3-2-4-6-13/h2-10,16,22H,1H3/t16-/m0/s1. The Hall–Kier alpha value is -3.11. The second-order valence-corrected chi connectivity index (χ2v) is 6.44. The third-order valence-electron chi connectivity index (χ3n) is 4.03. The molecule has 3 rings (SSSR count). The van der Waals surface area contributed by atoms with E-state index in [0.717, 1.165) is 4.47 Å². The van der Waals surface area contributed by atoms with Crippen LogP contribution in [-0.4, -0.2) is 12.0 Å². The van der Waals surface area contributed by atoms with E-state index in [1.807, 2.05) is 18.2 Å². The molecule has 0 spiro atoms. The van der Waals surface area contributed by atoms with Crippen molar-refractivity contribution in [3.63, 3.8) is 0 Å². The van der Waals surface area contributed by atoms with Gasteiger partial charge in [0.15, 0.2) is 5.76 Å². The molecular formula is C19H14BrN3O3. The average molecular weight is 412 g/mol. The minimum Gasteiger partial charge on any atom is -0.434 e. The minimum absolute atomic E-state index is 0.0285. The van der Waals surface area contributed by atoms with Crippen LogP contribution < -0.4 is 5.32 Å². The average Bonchev–Trinajstić information content (AvgIpc) is 2.67. The van der Waals surface area contributed by atoms with E-state index >= 15 is 0 Å². The van der Waals surface area contributed by atoms with Gasteiger partial charge in [0.25, 0.3) is 5.88 Å². The molecule has 0 aliphatic carbocycles. The molecule has 1 aliphatic rings. The highest BCUT2D eigenvalue weighted by molar-refractivity contribution is 9.10. The molecule has 2 aromatic carbocycles. The minimum atomic E-state index is -0.838. The quantitative estimate of drug-likeness (QED) is 0.602. The molecule has 0 radical (unpaired) electrons. The van der Waals surface area contributed by atoms with E-state index in [-0.39, 0.29) is 17.2 Å². The lowest BCUT2D eigenvalue weighted by atomic mass is 9.85. The van der Waals surface area contributed by atoms with Crippen molar-refractivity contribution in [2.75, 3.05) is 7.05 Å². The first-order valence-corrected chi connectivity index (χ1v) is 8.55. The van der Waals surface area contributed by atoms with Crippen LogP contribution in [0.5, 0.6) is 0 Å². The second kappa shape index (κ2) is 7.42. The summed E-state index contributed by atoms with van der Waals surface area (Å²) in [6.07, 6.45) is 0. The van der Waals surface area contributed by atoms with Gasteiger partial charge in [-0.25, -0.2) is 0 Å². The van der Waals surface area contributed by atoms with Crippen molar-refractivity contribution < 1.29 is 9.66 Å². The number of halogens is 1. The Morgan fingerprint density at radius 1 is 1.19 bits per heavy atom. The van der Waals surface area contributed by atoms with Gasteiger partial charge in [-0.15, -0.1) is 0 Å². The summed E-state index contributed by atoms with van der Waals surface area (Å²) in [5, 5.41) is 24.3. The smallest absolute Gasteiger partial charge is 0.318 e. The van der Waals surface area contributed by atoms with Crippen molar-refractivity contribution in [2.45, 2.75) is 5.92 Å². The number of rotatable bonds is 4. The van der Waals surface area contributed by atoms with Gasteiger partial charge in [-0.3, -0.25) is 10.1 Å². The predicted octanol–water partition coefficient (Wildman–Crippen LogP) is 4.16. The molecule has 0 saturated heterocycles. The van der Waals surface area contributed by atoms with Crippen LogP contribution in [0, 0.1) is 21.4 Å². The zero-order valence-corrected chi connectivity index (χ0v) is 15.4. The fourth-order valence-corrected chi connectivity index (χ4v) is 3.14. The fraction of sp³-hybridized carbons (Fsp3) is 0.105. The number of nitro groups is 1. The topological polar surface area (TPSA) is 88.2 Å².